The SMILES string of the molecule is COc1ncnc(NC(=O)OC(C)(C)C)c1Br. The zero-order valence-electron chi connectivity index (χ0n) is 10.1. The molecule has 0 bridgehead atoms. The Hall–Kier alpha value is -1.37. The second kappa shape index (κ2) is 5.31. The van der Waals surface area contributed by atoms with E-state index in [4.69, 9.17) is 9.47 Å². The average Bonchev–Trinajstić information content (AvgIpc) is 2.18. The molecule has 0 aliphatic heterocycles. The van der Waals surface area contributed by atoms with Gasteiger partial charge in [0.25, 0.3) is 0 Å². The van der Waals surface area contributed by atoms with E-state index in [1.807, 2.05) is 0 Å². The maximum atomic E-state index is 11.5. The van der Waals surface area contributed by atoms with Crippen LogP contribution in [0.1, 0.15) is 20.8 Å². The van der Waals surface area contributed by atoms with E-state index in [1.54, 1.807) is 20.8 Å². The molecule has 0 spiro atoms. The molecular formula is C10H14BrN3O3. The molecule has 0 fully saturated rings. The molecule has 1 amide bonds. The van der Waals surface area contributed by atoms with Gasteiger partial charge in [0, 0.05) is 0 Å². The molecule has 0 aliphatic rings. The summed E-state index contributed by atoms with van der Waals surface area (Å²) in [6, 6.07) is 0. The quantitative estimate of drug-likeness (QED) is 0.909. The highest BCUT2D eigenvalue weighted by molar-refractivity contribution is 9.10. The maximum absolute atomic E-state index is 11.5. The molecule has 0 atom stereocenters. The monoisotopic (exact) mass is 303 g/mol. The normalized spacial score (nSPS) is 10.9. The van der Waals surface area contributed by atoms with Crippen molar-refractivity contribution in [2.75, 3.05) is 12.4 Å². The summed E-state index contributed by atoms with van der Waals surface area (Å²) in [5, 5.41) is 2.50. The third kappa shape index (κ3) is 4.18. The van der Waals surface area contributed by atoms with Crippen molar-refractivity contribution >= 4 is 27.8 Å². The molecular weight excluding hydrogens is 290 g/mol. The predicted octanol–water partition coefficient (Wildman–Crippen LogP) is 2.59. The van der Waals surface area contributed by atoms with Gasteiger partial charge < -0.3 is 9.47 Å². The Labute approximate surface area is 108 Å². The summed E-state index contributed by atoms with van der Waals surface area (Å²) in [5.74, 6) is 0.636. The van der Waals surface area contributed by atoms with Gasteiger partial charge in [-0.2, -0.15) is 0 Å². The van der Waals surface area contributed by atoms with Crippen LogP contribution in [0.5, 0.6) is 5.88 Å². The molecule has 0 saturated heterocycles. The van der Waals surface area contributed by atoms with Crippen molar-refractivity contribution in [3.63, 3.8) is 0 Å². The zero-order valence-corrected chi connectivity index (χ0v) is 11.7. The molecule has 1 aromatic heterocycles. The first-order valence-corrected chi connectivity index (χ1v) is 5.67. The largest absolute Gasteiger partial charge is 0.480 e. The molecule has 17 heavy (non-hydrogen) atoms. The minimum Gasteiger partial charge on any atom is -0.480 e. The maximum Gasteiger partial charge on any atom is 0.413 e. The van der Waals surface area contributed by atoms with Crippen LogP contribution in [0.4, 0.5) is 10.6 Å². The number of anilines is 1. The highest BCUT2D eigenvalue weighted by atomic mass is 79.9. The van der Waals surface area contributed by atoms with Crippen molar-refractivity contribution in [3.8, 4) is 5.88 Å². The van der Waals surface area contributed by atoms with Gasteiger partial charge in [0.15, 0.2) is 5.82 Å². The van der Waals surface area contributed by atoms with Crippen molar-refractivity contribution < 1.29 is 14.3 Å². The first-order valence-electron chi connectivity index (χ1n) is 4.88. The molecule has 94 valence electrons. The first-order chi connectivity index (χ1) is 7.83. The second-order valence-corrected chi connectivity index (χ2v) is 4.97. The summed E-state index contributed by atoms with van der Waals surface area (Å²) in [5.41, 5.74) is -0.562. The number of rotatable bonds is 2. The topological polar surface area (TPSA) is 73.3 Å². The van der Waals surface area contributed by atoms with Gasteiger partial charge in [0.1, 0.15) is 16.4 Å². The van der Waals surface area contributed by atoms with Crippen molar-refractivity contribution in [2.45, 2.75) is 26.4 Å². The highest BCUT2D eigenvalue weighted by Gasteiger charge is 2.18. The molecule has 0 radical (unpaired) electrons. The third-order valence-corrected chi connectivity index (χ3v) is 2.28. The van der Waals surface area contributed by atoms with Gasteiger partial charge >= 0.3 is 6.09 Å². The minimum atomic E-state index is -0.584. The van der Waals surface area contributed by atoms with Gasteiger partial charge in [0.2, 0.25) is 5.88 Å². The molecule has 6 nitrogen and oxygen atoms in total. The highest BCUT2D eigenvalue weighted by Crippen LogP contribution is 2.28. The Kier molecular flexibility index (Phi) is 4.28. The minimum absolute atomic E-state index is 0.297. The lowest BCUT2D eigenvalue weighted by molar-refractivity contribution is 0.0635. The summed E-state index contributed by atoms with van der Waals surface area (Å²) in [4.78, 5) is 19.3. The standard InChI is InChI=1S/C10H14BrN3O3/c1-10(2,3)17-9(15)14-7-6(11)8(16-4)13-5-12-7/h5H,1-4H3,(H,12,13,14,15). The fourth-order valence-corrected chi connectivity index (χ4v) is 1.45. The number of halogens is 1. The van der Waals surface area contributed by atoms with Crippen LogP contribution in [0.3, 0.4) is 0 Å². The molecule has 0 aromatic carbocycles. The Bertz CT molecular complexity index is 418. The number of nitrogens with one attached hydrogen (secondary N) is 1. The van der Waals surface area contributed by atoms with Crippen LogP contribution in [-0.4, -0.2) is 28.8 Å². The number of carbonyl (C=O) groups excluding carboxylic acids is 1. The molecule has 7 heteroatoms. The number of amides is 1. The first kappa shape index (κ1) is 13.7. The lowest BCUT2D eigenvalue weighted by Gasteiger charge is -2.19. The Morgan fingerprint density at radius 1 is 1.41 bits per heavy atom. The second-order valence-electron chi connectivity index (χ2n) is 4.17. The van der Waals surface area contributed by atoms with E-state index in [-0.39, 0.29) is 0 Å². The third-order valence-electron chi connectivity index (χ3n) is 1.57. The van der Waals surface area contributed by atoms with E-state index < -0.39 is 11.7 Å². The van der Waals surface area contributed by atoms with Crippen LogP contribution >= 0.6 is 15.9 Å². The summed E-state index contributed by atoms with van der Waals surface area (Å²) in [6.45, 7) is 5.34. The van der Waals surface area contributed by atoms with Gasteiger partial charge in [-0.1, -0.05) is 0 Å². The van der Waals surface area contributed by atoms with E-state index >= 15 is 0 Å². The number of carbonyl (C=O) groups is 1. The number of hydrogen-bond donors (Lipinski definition) is 1. The van der Waals surface area contributed by atoms with E-state index in [1.165, 1.54) is 13.4 Å². The van der Waals surface area contributed by atoms with E-state index in [0.29, 0.717) is 16.2 Å². The van der Waals surface area contributed by atoms with Gasteiger partial charge in [-0.15, -0.1) is 0 Å². The van der Waals surface area contributed by atoms with Gasteiger partial charge in [-0.25, -0.2) is 14.8 Å². The molecule has 0 unspecified atom stereocenters. The van der Waals surface area contributed by atoms with Crippen molar-refractivity contribution in [1.29, 1.82) is 0 Å². The van der Waals surface area contributed by atoms with Crippen LogP contribution in [0.25, 0.3) is 0 Å². The summed E-state index contributed by atoms with van der Waals surface area (Å²) in [7, 11) is 1.48. The number of nitrogens with zero attached hydrogens (tertiary/aromatic N) is 2. The zero-order chi connectivity index (χ0) is 13.1. The van der Waals surface area contributed by atoms with Crippen LogP contribution in [0.2, 0.25) is 0 Å². The molecule has 1 heterocycles. The van der Waals surface area contributed by atoms with Crippen molar-refractivity contribution in [2.24, 2.45) is 0 Å². The van der Waals surface area contributed by atoms with Crippen molar-refractivity contribution in [3.05, 3.63) is 10.8 Å². The smallest absolute Gasteiger partial charge is 0.413 e. The Morgan fingerprint density at radius 2 is 2.06 bits per heavy atom. The fourth-order valence-electron chi connectivity index (χ4n) is 0.983. The fraction of sp³-hybridized carbons (Fsp3) is 0.500. The average molecular weight is 304 g/mol. The van der Waals surface area contributed by atoms with Gasteiger partial charge in [0.05, 0.1) is 7.11 Å². The number of methoxy groups -OCH3 is 1. The summed E-state index contributed by atoms with van der Waals surface area (Å²) >= 11 is 3.23. The Morgan fingerprint density at radius 3 is 2.59 bits per heavy atom. The number of hydrogen-bond acceptors (Lipinski definition) is 5. The van der Waals surface area contributed by atoms with Crippen LogP contribution < -0.4 is 10.1 Å². The molecule has 1 N–H and O–H groups in total. The van der Waals surface area contributed by atoms with Crippen LogP contribution in [0.15, 0.2) is 10.8 Å². The number of aromatic nitrogens is 2. The van der Waals surface area contributed by atoms with E-state index in [2.05, 4.69) is 31.2 Å². The van der Waals surface area contributed by atoms with Gasteiger partial charge in [-0.3, -0.25) is 5.32 Å². The lowest BCUT2D eigenvalue weighted by Crippen LogP contribution is -2.27. The van der Waals surface area contributed by atoms with Gasteiger partial charge in [-0.05, 0) is 36.7 Å². The summed E-state index contributed by atoms with van der Waals surface area (Å²) < 4.78 is 10.5. The molecule has 0 aliphatic carbocycles. The van der Waals surface area contributed by atoms with E-state index in [9.17, 15) is 4.79 Å². The lowest BCUT2D eigenvalue weighted by atomic mass is 10.2. The number of ether oxygens (including phenoxy) is 2. The molecule has 1 rings (SSSR count). The molecule has 1 aromatic rings. The van der Waals surface area contributed by atoms with E-state index in [0.717, 1.165) is 0 Å². The summed E-state index contributed by atoms with van der Waals surface area (Å²) in [6.07, 6.45) is 0.704. The van der Waals surface area contributed by atoms with Crippen molar-refractivity contribution in [1.82, 2.24) is 9.97 Å². The van der Waals surface area contributed by atoms with Crippen LogP contribution in [0, 0.1) is 0 Å². The van der Waals surface area contributed by atoms with Crippen LogP contribution in [-0.2, 0) is 4.74 Å². The predicted molar refractivity (Wildman–Crippen MR) is 66.1 cm³/mol. The Balaban J connectivity index is 2.79. The molecule has 0 saturated carbocycles.